The largest absolute Gasteiger partial charge is 0.469 e. The number of aromatic nitrogens is 3. The van der Waals surface area contributed by atoms with Gasteiger partial charge in [0.25, 0.3) is 40.5 Å². The van der Waals surface area contributed by atoms with Crippen LogP contribution in [0.25, 0.3) is 0 Å². The lowest BCUT2D eigenvalue weighted by Crippen LogP contribution is -2.14. The minimum atomic E-state index is -4.47. The highest BCUT2D eigenvalue weighted by molar-refractivity contribution is 7.87. The average molecular weight is 948 g/mol. The van der Waals surface area contributed by atoms with Crippen molar-refractivity contribution in [3.05, 3.63) is 107 Å². The predicted molar refractivity (Wildman–Crippen MR) is 224 cm³/mol. The number of rotatable bonds is 20. The van der Waals surface area contributed by atoms with Crippen molar-refractivity contribution in [1.82, 2.24) is 15.0 Å². The molecule has 0 saturated heterocycles. The van der Waals surface area contributed by atoms with E-state index in [-0.39, 0.29) is 53.8 Å². The molecule has 27 heteroatoms. The van der Waals surface area contributed by atoms with Crippen LogP contribution in [-0.2, 0) is 76.3 Å². The summed E-state index contributed by atoms with van der Waals surface area (Å²) in [7, 11) is -14.4. The van der Waals surface area contributed by atoms with Gasteiger partial charge in [-0.25, -0.2) is 0 Å². The van der Waals surface area contributed by atoms with Gasteiger partial charge >= 0.3 is 5.97 Å². The van der Waals surface area contributed by atoms with E-state index in [1.54, 1.807) is 48.5 Å². The molecule has 23 nitrogen and oxygen atoms in total. The van der Waals surface area contributed by atoms with E-state index in [2.05, 4.69) is 54.4 Å². The van der Waals surface area contributed by atoms with E-state index in [1.165, 1.54) is 25.3 Å². The Kier molecular flexibility index (Phi) is 15.4. The van der Waals surface area contributed by atoms with Crippen LogP contribution < -0.4 is 10.6 Å². The van der Waals surface area contributed by atoms with E-state index in [9.17, 15) is 47.6 Å². The highest BCUT2D eigenvalue weighted by Gasteiger charge is 2.22. The Morgan fingerprint density at radius 3 is 1.56 bits per heavy atom. The maximum absolute atomic E-state index is 12.3. The van der Waals surface area contributed by atoms with E-state index in [1.807, 2.05) is 0 Å². The molecule has 1 aromatic heterocycles. The molecule has 0 spiro atoms. The molecule has 5 rings (SSSR count). The summed E-state index contributed by atoms with van der Waals surface area (Å²) in [5, 5.41) is 22.3. The van der Waals surface area contributed by atoms with E-state index < -0.39 is 67.7 Å². The monoisotopic (exact) mass is 947 g/mol. The number of hydrogen-bond acceptors (Lipinski definition) is 21. The molecule has 0 aliphatic carbocycles. The third-order valence-electron chi connectivity index (χ3n) is 8.12. The number of azo groups is 2. The Morgan fingerprint density at radius 1 is 0.587 bits per heavy atom. The molecule has 4 aromatic carbocycles. The minimum Gasteiger partial charge on any atom is -0.469 e. The average Bonchev–Trinajstić information content (AvgIpc) is 3.21. The molecule has 0 unspecified atom stereocenters. The number of nitrogens with one attached hydrogen (secondary N) is 2. The topological polar surface area (TPSA) is 334 Å². The minimum absolute atomic E-state index is 0.0228. The van der Waals surface area contributed by atoms with Crippen molar-refractivity contribution >= 4 is 86.8 Å². The number of anilines is 3. The number of ether oxygens (including phenoxy) is 1. The van der Waals surface area contributed by atoms with E-state index >= 15 is 0 Å². The van der Waals surface area contributed by atoms with Crippen LogP contribution in [0.1, 0.15) is 28.9 Å². The van der Waals surface area contributed by atoms with E-state index in [4.69, 9.17) is 4.74 Å². The number of carbonyl (C=O) groups is 1. The Balaban J connectivity index is 1.34. The third kappa shape index (κ3) is 15.0. The Hall–Kier alpha value is -6.20. The molecule has 0 atom stereocenters. The van der Waals surface area contributed by atoms with Gasteiger partial charge in [0.15, 0.2) is 0 Å². The molecule has 63 heavy (non-hydrogen) atoms. The number of benzene rings is 4. The Labute approximate surface area is 361 Å². The summed E-state index contributed by atoms with van der Waals surface area (Å²) in [5.74, 6) is -1.53. The van der Waals surface area contributed by atoms with Gasteiger partial charge in [0.2, 0.25) is 11.9 Å². The summed E-state index contributed by atoms with van der Waals surface area (Å²) in [6.07, 6.45) is 0.214. The summed E-state index contributed by atoms with van der Waals surface area (Å²) in [6, 6.07) is 19.8. The van der Waals surface area contributed by atoms with Crippen molar-refractivity contribution in [1.29, 1.82) is 0 Å². The number of hydrogen-bond donors (Lipinski definition) is 4. The molecule has 0 fully saturated rings. The first-order valence-corrected chi connectivity index (χ1v) is 23.8. The zero-order valence-corrected chi connectivity index (χ0v) is 36.4. The van der Waals surface area contributed by atoms with Gasteiger partial charge in [-0.3, -0.25) is 22.3 Å². The standard InChI is InChI=1S/C36H37N9O14S4/c1-57-34(46)12-13-37-35-39-33(17-23-4-6-27(7-5-23)42-44-29-15-24(21-60(47,48)49)14-25(16-29)22-61(50,51)52)40-36(41-35)38-26-8-10-28(11-9-26)43-45-30-18-31(62(53,54)58-2)20-32(19-30)63(55,56)59-3/h4-11,14-16,18-20H,12-13,17,21-22H2,1-3H3,(H,47,48,49)(H,50,51,52)(H2,37,38,39,40,41). The van der Waals surface area contributed by atoms with Crippen LogP contribution in [0.3, 0.4) is 0 Å². The molecular formula is C36H37N9O14S4. The highest BCUT2D eigenvalue weighted by atomic mass is 32.2. The lowest BCUT2D eigenvalue weighted by atomic mass is 10.1. The highest BCUT2D eigenvalue weighted by Crippen LogP contribution is 2.29. The van der Waals surface area contributed by atoms with Crippen LogP contribution >= 0.6 is 0 Å². The summed E-state index contributed by atoms with van der Waals surface area (Å²) >= 11 is 0. The molecule has 0 amide bonds. The normalized spacial score (nSPS) is 12.5. The Bertz CT molecular complexity index is 2890. The van der Waals surface area contributed by atoms with Crippen LogP contribution in [0.4, 0.5) is 40.3 Å². The van der Waals surface area contributed by atoms with Crippen LogP contribution in [0, 0.1) is 0 Å². The summed E-state index contributed by atoms with van der Waals surface area (Å²) in [5.41, 5.74) is 1.87. The maximum Gasteiger partial charge on any atom is 0.307 e. The zero-order valence-electron chi connectivity index (χ0n) is 33.2. The second-order valence-electron chi connectivity index (χ2n) is 12.9. The first kappa shape index (κ1) is 47.8. The van der Waals surface area contributed by atoms with Gasteiger partial charge in [-0.2, -0.15) is 69.1 Å². The van der Waals surface area contributed by atoms with Gasteiger partial charge in [0, 0.05) is 18.7 Å². The van der Waals surface area contributed by atoms with Crippen molar-refractivity contribution in [2.24, 2.45) is 20.5 Å². The molecule has 4 N–H and O–H groups in total. The third-order valence-corrected chi connectivity index (χ3v) is 12.0. The van der Waals surface area contributed by atoms with E-state index in [0.717, 1.165) is 38.0 Å². The molecule has 0 saturated carbocycles. The van der Waals surface area contributed by atoms with Gasteiger partial charge in [-0.1, -0.05) is 18.2 Å². The van der Waals surface area contributed by atoms with Crippen molar-refractivity contribution in [2.45, 2.75) is 34.1 Å². The van der Waals surface area contributed by atoms with E-state index in [0.29, 0.717) is 22.9 Å². The smallest absolute Gasteiger partial charge is 0.307 e. The zero-order chi connectivity index (χ0) is 46.0. The fraction of sp³-hybridized carbons (Fsp3) is 0.222. The summed E-state index contributed by atoms with van der Waals surface area (Å²) < 4.78 is 127. The van der Waals surface area contributed by atoms with Gasteiger partial charge in [0.05, 0.1) is 60.3 Å². The quantitative estimate of drug-likeness (QED) is 0.0326. The molecule has 0 radical (unpaired) electrons. The first-order chi connectivity index (χ1) is 29.6. The maximum atomic E-state index is 12.3. The van der Waals surface area contributed by atoms with Crippen LogP contribution in [-0.4, -0.2) is 91.6 Å². The fourth-order valence-electron chi connectivity index (χ4n) is 5.33. The van der Waals surface area contributed by atoms with Gasteiger partial charge in [-0.15, -0.1) is 0 Å². The van der Waals surface area contributed by atoms with Crippen molar-refractivity contribution in [2.75, 3.05) is 38.5 Å². The van der Waals surface area contributed by atoms with Gasteiger partial charge < -0.3 is 15.4 Å². The van der Waals surface area contributed by atoms with Crippen molar-refractivity contribution in [3.63, 3.8) is 0 Å². The lowest BCUT2D eigenvalue weighted by molar-refractivity contribution is -0.140. The van der Waals surface area contributed by atoms with Crippen LogP contribution in [0.2, 0.25) is 0 Å². The number of methoxy groups -OCH3 is 1. The summed E-state index contributed by atoms with van der Waals surface area (Å²) in [4.78, 5) is 24.2. The molecule has 5 aromatic rings. The SMILES string of the molecule is COC(=O)CCNc1nc(Cc2ccc(N=Nc3cc(CS(=O)(=O)O)cc(CS(=O)(=O)O)c3)cc2)nc(Nc2ccc(N=Nc3cc(S(=O)(=O)OC)cc(S(=O)(=O)OC)c3)cc2)n1. The molecule has 0 aliphatic heterocycles. The second kappa shape index (κ2) is 20.3. The van der Waals surface area contributed by atoms with Crippen molar-refractivity contribution in [3.8, 4) is 0 Å². The number of esters is 1. The first-order valence-electron chi connectivity index (χ1n) is 17.8. The predicted octanol–water partition coefficient (Wildman–Crippen LogP) is 5.46. The fourth-order valence-corrected chi connectivity index (χ4v) is 8.04. The number of nitrogens with zero attached hydrogens (tertiary/aromatic N) is 7. The summed E-state index contributed by atoms with van der Waals surface area (Å²) in [6.45, 7) is 0.143. The molecule has 334 valence electrons. The molecule has 1 heterocycles. The molecule has 0 bridgehead atoms. The van der Waals surface area contributed by atoms with Crippen LogP contribution in [0.5, 0.6) is 0 Å². The molecular weight excluding hydrogens is 911 g/mol. The van der Waals surface area contributed by atoms with Crippen LogP contribution in [0.15, 0.2) is 115 Å². The number of carbonyl (C=O) groups excluding carboxylic acids is 1. The Morgan fingerprint density at radius 2 is 1.06 bits per heavy atom. The molecule has 0 aliphatic rings. The van der Waals surface area contributed by atoms with Gasteiger partial charge in [-0.05, 0) is 83.4 Å². The second-order valence-corrected chi connectivity index (χ2v) is 19.3. The van der Waals surface area contributed by atoms with Gasteiger partial charge in [0.1, 0.15) is 17.3 Å². The van der Waals surface area contributed by atoms with Crippen molar-refractivity contribution < 1.29 is 60.7 Å². The lowest BCUT2D eigenvalue weighted by Gasteiger charge is -2.11.